The molecule has 0 radical (unpaired) electrons. The summed E-state index contributed by atoms with van der Waals surface area (Å²) in [5.74, 6) is -1.89. The van der Waals surface area contributed by atoms with Gasteiger partial charge in [0, 0.05) is 6.07 Å². The Kier molecular flexibility index (Phi) is 4.16. The fraction of sp³-hybridized carbons (Fsp3) is 0.111. The lowest BCUT2D eigenvalue weighted by Gasteiger charge is -2.04. The first-order chi connectivity index (χ1) is 7.93. The number of nitro groups is 1. The standard InChI is InChI=1S/C9H7BrN2O5/c10-8-5(9(15)11-4-7(13)14)2-1-3-6(8)12(16)17/h1-3H,4H2,(H,11,15)(H,13,14). The Morgan fingerprint density at radius 2 is 2.12 bits per heavy atom. The number of nitrogens with zero attached hydrogens (tertiary/aromatic N) is 1. The Morgan fingerprint density at radius 1 is 1.47 bits per heavy atom. The number of nitrogens with one attached hydrogen (secondary N) is 1. The SMILES string of the molecule is O=C(O)CNC(=O)c1cccc([N+](=O)[O-])c1Br. The van der Waals surface area contributed by atoms with Crippen LogP contribution in [0.2, 0.25) is 0 Å². The number of hydrogen-bond donors (Lipinski definition) is 2. The van der Waals surface area contributed by atoms with Crippen molar-refractivity contribution in [2.45, 2.75) is 0 Å². The van der Waals surface area contributed by atoms with Crippen molar-refractivity contribution < 1.29 is 19.6 Å². The van der Waals surface area contributed by atoms with Gasteiger partial charge in [-0.15, -0.1) is 0 Å². The molecule has 2 N–H and O–H groups in total. The average molecular weight is 303 g/mol. The van der Waals surface area contributed by atoms with Gasteiger partial charge in [0.15, 0.2) is 0 Å². The third-order valence-corrected chi connectivity index (χ3v) is 2.65. The van der Waals surface area contributed by atoms with E-state index >= 15 is 0 Å². The lowest BCUT2D eigenvalue weighted by atomic mass is 10.2. The number of carbonyl (C=O) groups excluding carboxylic acids is 1. The van der Waals surface area contributed by atoms with E-state index in [9.17, 15) is 19.7 Å². The van der Waals surface area contributed by atoms with Crippen molar-refractivity contribution in [2.24, 2.45) is 0 Å². The molecule has 0 aliphatic carbocycles. The lowest BCUT2D eigenvalue weighted by molar-refractivity contribution is -0.385. The molecule has 0 saturated carbocycles. The zero-order valence-electron chi connectivity index (χ0n) is 8.34. The quantitative estimate of drug-likeness (QED) is 0.641. The van der Waals surface area contributed by atoms with E-state index in [1.54, 1.807) is 0 Å². The summed E-state index contributed by atoms with van der Waals surface area (Å²) >= 11 is 2.94. The molecule has 0 fully saturated rings. The molecule has 8 heteroatoms. The van der Waals surface area contributed by atoms with Crippen LogP contribution in [-0.4, -0.2) is 28.5 Å². The number of carboxylic acid groups (broad SMARTS) is 1. The minimum Gasteiger partial charge on any atom is -0.480 e. The lowest BCUT2D eigenvalue weighted by Crippen LogP contribution is -2.29. The molecule has 0 bridgehead atoms. The largest absolute Gasteiger partial charge is 0.480 e. The molecule has 0 heterocycles. The highest BCUT2D eigenvalue weighted by Gasteiger charge is 2.19. The van der Waals surface area contributed by atoms with Gasteiger partial charge >= 0.3 is 5.97 Å². The monoisotopic (exact) mass is 302 g/mol. The topological polar surface area (TPSA) is 110 Å². The number of nitro benzene ring substituents is 1. The Morgan fingerprint density at radius 3 is 2.65 bits per heavy atom. The van der Waals surface area contributed by atoms with Gasteiger partial charge in [0.25, 0.3) is 11.6 Å². The van der Waals surface area contributed by atoms with Gasteiger partial charge in [-0.1, -0.05) is 6.07 Å². The Hall–Kier alpha value is -1.96. The van der Waals surface area contributed by atoms with Crippen LogP contribution in [0.1, 0.15) is 10.4 Å². The molecule has 1 rings (SSSR count). The number of amides is 1. The number of carbonyl (C=O) groups is 2. The molecule has 7 nitrogen and oxygen atoms in total. The van der Waals surface area contributed by atoms with Gasteiger partial charge in [0.1, 0.15) is 11.0 Å². The van der Waals surface area contributed by atoms with Crippen molar-refractivity contribution >= 4 is 33.5 Å². The van der Waals surface area contributed by atoms with Crippen LogP contribution in [0.4, 0.5) is 5.69 Å². The third-order valence-electron chi connectivity index (χ3n) is 1.82. The van der Waals surface area contributed by atoms with Crippen LogP contribution in [0.15, 0.2) is 22.7 Å². The van der Waals surface area contributed by atoms with E-state index in [4.69, 9.17) is 5.11 Å². The van der Waals surface area contributed by atoms with Crippen molar-refractivity contribution in [3.05, 3.63) is 38.3 Å². The first-order valence-electron chi connectivity index (χ1n) is 4.36. The Bertz CT molecular complexity index is 488. The molecule has 1 aromatic carbocycles. The molecule has 0 atom stereocenters. The van der Waals surface area contributed by atoms with E-state index in [1.807, 2.05) is 0 Å². The maximum Gasteiger partial charge on any atom is 0.322 e. The fourth-order valence-corrected chi connectivity index (χ4v) is 1.68. The maximum absolute atomic E-state index is 11.5. The molecule has 90 valence electrons. The van der Waals surface area contributed by atoms with Gasteiger partial charge in [-0.3, -0.25) is 19.7 Å². The summed E-state index contributed by atoms with van der Waals surface area (Å²) in [5.41, 5.74) is -0.242. The third kappa shape index (κ3) is 3.25. The molecule has 1 amide bonds. The second kappa shape index (κ2) is 5.39. The van der Waals surface area contributed by atoms with E-state index < -0.39 is 23.3 Å². The molecular formula is C9H7BrN2O5. The first kappa shape index (κ1) is 13.1. The van der Waals surface area contributed by atoms with Crippen LogP contribution >= 0.6 is 15.9 Å². The molecule has 0 aliphatic heterocycles. The molecule has 0 aromatic heterocycles. The summed E-state index contributed by atoms with van der Waals surface area (Å²) in [7, 11) is 0. The van der Waals surface area contributed by atoms with Crippen LogP contribution in [0.25, 0.3) is 0 Å². The second-order valence-corrected chi connectivity index (χ2v) is 3.77. The van der Waals surface area contributed by atoms with E-state index in [1.165, 1.54) is 18.2 Å². The van der Waals surface area contributed by atoms with Crippen LogP contribution in [0.5, 0.6) is 0 Å². The summed E-state index contributed by atoms with van der Waals surface area (Å²) in [4.78, 5) is 31.7. The van der Waals surface area contributed by atoms with Crippen LogP contribution in [0, 0.1) is 10.1 Å². The van der Waals surface area contributed by atoms with Gasteiger partial charge in [-0.05, 0) is 22.0 Å². The minimum atomic E-state index is -1.19. The van der Waals surface area contributed by atoms with Crippen LogP contribution in [-0.2, 0) is 4.79 Å². The predicted octanol–water partition coefficient (Wildman–Crippen LogP) is 1.17. The predicted molar refractivity (Wildman–Crippen MR) is 60.8 cm³/mol. The Balaban J connectivity index is 2.98. The zero-order chi connectivity index (χ0) is 13.0. The van der Waals surface area contributed by atoms with Gasteiger partial charge in [0.2, 0.25) is 0 Å². The smallest absolute Gasteiger partial charge is 0.322 e. The van der Waals surface area contributed by atoms with Crippen molar-refractivity contribution in [1.29, 1.82) is 0 Å². The highest BCUT2D eigenvalue weighted by atomic mass is 79.9. The normalized spacial score (nSPS) is 9.71. The summed E-state index contributed by atoms with van der Waals surface area (Å²) in [6.07, 6.45) is 0. The van der Waals surface area contributed by atoms with Crippen LogP contribution < -0.4 is 5.32 Å². The summed E-state index contributed by atoms with van der Waals surface area (Å²) in [6.45, 7) is -0.548. The van der Waals surface area contributed by atoms with Gasteiger partial charge in [-0.25, -0.2) is 0 Å². The van der Waals surface area contributed by atoms with E-state index in [2.05, 4.69) is 21.2 Å². The van der Waals surface area contributed by atoms with Crippen molar-refractivity contribution in [3.8, 4) is 0 Å². The molecule has 0 aliphatic rings. The summed E-state index contributed by atoms with van der Waals surface area (Å²) < 4.78 is 0.0212. The first-order valence-corrected chi connectivity index (χ1v) is 5.15. The summed E-state index contributed by atoms with van der Waals surface area (Å²) in [6, 6.07) is 3.94. The maximum atomic E-state index is 11.5. The number of benzene rings is 1. The summed E-state index contributed by atoms with van der Waals surface area (Å²) in [5, 5.41) is 21.1. The average Bonchev–Trinajstić information content (AvgIpc) is 2.25. The zero-order valence-corrected chi connectivity index (χ0v) is 9.93. The highest BCUT2D eigenvalue weighted by Crippen LogP contribution is 2.27. The molecule has 0 saturated heterocycles. The highest BCUT2D eigenvalue weighted by molar-refractivity contribution is 9.10. The second-order valence-electron chi connectivity index (χ2n) is 2.97. The van der Waals surface area contributed by atoms with Gasteiger partial charge in [-0.2, -0.15) is 0 Å². The number of aliphatic carboxylic acids is 1. The minimum absolute atomic E-state index is 0.0143. The number of halogens is 1. The van der Waals surface area contributed by atoms with E-state index in [-0.39, 0.29) is 15.7 Å². The van der Waals surface area contributed by atoms with Gasteiger partial charge in [0.05, 0.1) is 10.5 Å². The molecule has 1 aromatic rings. The molecule has 0 spiro atoms. The van der Waals surface area contributed by atoms with E-state index in [0.29, 0.717) is 0 Å². The van der Waals surface area contributed by atoms with Crippen molar-refractivity contribution in [2.75, 3.05) is 6.54 Å². The molecule has 17 heavy (non-hydrogen) atoms. The van der Waals surface area contributed by atoms with E-state index in [0.717, 1.165) is 0 Å². The fourth-order valence-electron chi connectivity index (χ4n) is 1.09. The Labute approximate surface area is 104 Å². The van der Waals surface area contributed by atoms with Crippen molar-refractivity contribution in [1.82, 2.24) is 5.32 Å². The van der Waals surface area contributed by atoms with Crippen LogP contribution in [0.3, 0.4) is 0 Å². The molecular weight excluding hydrogens is 296 g/mol. The van der Waals surface area contributed by atoms with Crippen molar-refractivity contribution in [3.63, 3.8) is 0 Å². The number of hydrogen-bond acceptors (Lipinski definition) is 4. The molecule has 0 unspecified atom stereocenters. The van der Waals surface area contributed by atoms with Gasteiger partial charge < -0.3 is 10.4 Å². The number of carboxylic acids is 1. The number of rotatable bonds is 4.